The smallest absolute Gasteiger partial charge is 0.223 e. The Morgan fingerprint density at radius 3 is 2.80 bits per heavy atom. The molecular formula is C17H24N2O. The normalized spacial score (nSPS) is 20.9. The van der Waals surface area contributed by atoms with Gasteiger partial charge in [-0.3, -0.25) is 9.69 Å². The van der Waals surface area contributed by atoms with E-state index in [1.807, 2.05) is 0 Å². The second-order valence-electron chi connectivity index (χ2n) is 6.21. The summed E-state index contributed by atoms with van der Waals surface area (Å²) in [7, 11) is 0. The average molecular weight is 272 g/mol. The number of hydrogen-bond acceptors (Lipinski definition) is 2. The van der Waals surface area contributed by atoms with Gasteiger partial charge in [-0.2, -0.15) is 0 Å². The van der Waals surface area contributed by atoms with E-state index in [0.29, 0.717) is 12.0 Å². The molecule has 0 radical (unpaired) electrons. The number of benzene rings is 1. The lowest BCUT2D eigenvalue weighted by Crippen LogP contribution is -2.46. The molecule has 1 heterocycles. The van der Waals surface area contributed by atoms with Crippen molar-refractivity contribution in [2.24, 2.45) is 5.92 Å². The lowest BCUT2D eigenvalue weighted by atomic mass is 9.85. The third kappa shape index (κ3) is 2.88. The Morgan fingerprint density at radius 2 is 2.10 bits per heavy atom. The fourth-order valence-electron chi connectivity index (χ4n) is 3.09. The van der Waals surface area contributed by atoms with Crippen LogP contribution in [-0.4, -0.2) is 29.9 Å². The van der Waals surface area contributed by atoms with Crippen LogP contribution in [0.5, 0.6) is 0 Å². The maximum atomic E-state index is 11.9. The number of fused-ring (bicyclic) bond motifs is 1. The quantitative estimate of drug-likeness (QED) is 0.912. The van der Waals surface area contributed by atoms with Crippen molar-refractivity contribution in [1.29, 1.82) is 0 Å². The van der Waals surface area contributed by atoms with Crippen molar-refractivity contribution in [2.45, 2.75) is 45.2 Å². The zero-order chi connectivity index (χ0) is 13.9. The Balaban J connectivity index is 1.51. The lowest BCUT2D eigenvalue weighted by molar-refractivity contribution is -0.127. The highest BCUT2D eigenvalue weighted by atomic mass is 16.1. The summed E-state index contributed by atoms with van der Waals surface area (Å²) >= 11 is 0. The molecule has 1 saturated carbocycles. The number of carbonyl (C=O) groups excluding carboxylic acids is 1. The molecule has 108 valence electrons. The number of amides is 1. The van der Waals surface area contributed by atoms with Gasteiger partial charge < -0.3 is 5.32 Å². The average Bonchev–Trinajstić information content (AvgIpc) is 2.42. The molecule has 1 N–H and O–H groups in total. The summed E-state index contributed by atoms with van der Waals surface area (Å²) in [6, 6.07) is 9.10. The minimum atomic E-state index is 0.264. The SMILES string of the molecule is C[C@H](CNC(=O)C1CCC1)N1CCc2ccccc2C1. The second kappa shape index (κ2) is 5.96. The number of carbonyl (C=O) groups is 1. The van der Waals surface area contributed by atoms with E-state index < -0.39 is 0 Å². The first kappa shape index (κ1) is 13.6. The van der Waals surface area contributed by atoms with E-state index in [1.165, 1.54) is 17.5 Å². The van der Waals surface area contributed by atoms with Gasteiger partial charge in [0, 0.05) is 31.6 Å². The number of rotatable bonds is 4. The van der Waals surface area contributed by atoms with Gasteiger partial charge in [0.25, 0.3) is 0 Å². The van der Waals surface area contributed by atoms with Gasteiger partial charge in [-0.25, -0.2) is 0 Å². The Labute approximate surface area is 121 Å². The number of hydrogen-bond donors (Lipinski definition) is 1. The van der Waals surface area contributed by atoms with Crippen LogP contribution >= 0.6 is 0 Å². The molecule has 20 heavy (non-hydrogen) atoms. The molecule has 1 fully saturated rings. The van der Waals surface area contributed by atoms with E-state index in [9.17, 15) is 4.79 Å². The van der Waals surface area contributed by atoms with E-state index in [2.05, 4.69) is 41.4 Å². The summed E-state index contributed by atoms with van der Waals surface area (Å²) in [6.07, 6.45) is 4.50. The molecule has 1 aliphatic heterocycles. The van der Waals surface area contributed by atoms with E-state index >= 15 is 0 Å². The summed E-state index contributed by atoms with van der Waals surface area (Å²) in [5.74, 6) is 0.560. The molecule has 1 aromatic carbocycles. The van der Waals surface area contributed by atoms with Gasteiger partial charge in [0.15, 0.2) is 0 Å². The van der Waals surface area contributed by atoms with Crippen LogP contribution in [0.2, 0.25) is 0 Å². The van der Waals surface area contributed by atoms with Crippen molar-refractivity contribution < 1.29 is 4.79 Å². The molecule has 0 saturated heterocycles. The Bertz CT molecular complexity index is 482. The van der Waals surface area contributed by atoms with E-state index in [-0.39, 0.29) is 5.91 Å². The maximum absolute atomic E-state index is 11.9. The summed E-state index contributed by atoms with van der Waals surface area (Å²) in [4.78, 5) is 14.4. The van der Waals surface area contributed by atoms with Gasteiger partial charge in [0.1, 0.15) is 0 Å². The van der Waals surface area contributed by atoms with Gasteiger partial charge in [-0.05, 0) is 37.3 Å². The number of nitrogens with one attached hydrogen (secondary N) is 1. The van der Waals surface area contributed by atoms with E-state index in [0.717, 1.165) is 38.9 Å². The molecular weight excluding hydrogens is 248 g/mol. The highest BCUT2D eigenvalue weighted by Gasteiger charge is 2.26. The summed E-state index contributed by atoms with van der Waals surface area (Å²) in [6.45, 7) is 5.10. The van der Waals surface area contributed by atoms with Crippen molar-refractivity contribution >= 4 is 5.91 Å². The second-order valence-corrected chi connectivity index (χ2v) is 6.21. The van der Waals surface area contributed by atoms with Gasteiger partial charge in [-0.15, -0.1) is 0 Å². The van der Waals surface area contributed by atoms with E-state index in [4.69, 9.17) is 0 Å². The van der Waals surface area contributed by atoms with Crippen LogP contribution in [0.1, 0.15) is 37.3 Å². The van der Waals surface area contributed by atoms with Crippen LogP contribution in [0.25, 0.3) is 0 Å². The molecule has 1 atom stereocenters. The molecule has 3 rings (SSSR count). The first-order valence-electron chi connectivity index (χ1n) is 7.82. The molecule has 2 aliphatic rings. The van der Waals surface area contributed by atoms with Crippen LogP contribution in [0.4, 0.5) is 0 Å². The lowest BCUT2D eigenvalue weighted by Gasteiger charge is -2.34. The molecule has 3 heteroatoms. The van der Waals surface area contributed by atoms with Crippen LogP contribution in [-0.2, 0) is 17.8 Å². The van der Waals surface area contributed by atoms with E-state index in [1.54, 1.807) is 0 Å². The van der Waals surface area contributed by atoms with Gasteiger partial charge in [0.05, 0.1) is 0 Å². The molecule has 1 aliphatic carbocycles. The Morgan fingerprint density at radius 1 is 1.35 bits per heavy atom. The molecule has 0 bridgehead atoms. The van der Waals surface area contributed by atoms with Crippen molar-refractivity contribution in [2.75, 3.05) is 13.1 Å². The highest BCUT2D eigenvalue weighted by Crippen LogP contribution is 2.26. The molecule has 3 nitrogen and oxygen atoms in total. The van der Waals surface area contributed by atoms with Crippen molar-refractivity contribution in [3.05, 3.63) is 35.4 Å². The van der Waals surface area contributed by atoms with Crippen molar-refractivity contribution in [3.63, 3.8) is 0 Å². The summed E-state index contributed by atoms with van der Waals surface area (Å²) in [5.41, 5.74) is 2.92. The fourth-order valence-corrected chi connectivity index (χ4v) is 3.09. The fraction of sp³-hybridized carbons (Fsp3) is 0.588. The predicted octanol–water partition coefficient (Wildman–Crippen LogP) is 2.35. The van der Waals surface area contributed by atoms with Crippen LogP contribution in [0, 0.1) is 5.92 Å². The van der Waals surface area contributed by atoms with Crippen LogP contribution < -0.4 is 5.32 Å². The van der Waals surface area contributed by atoms with Gasteiger partial charge >= 0.3 is 0 Å². The number of nitrogens with zero attached hydrogens (tertiary/aromatic N) is 1. The van der Waals surface area contributed by atoms with Crippen molar-refractivity contribution in [1.82, 2.24) is 10.2 Å². The summed E-state index contributed by atoms with van der Waals surface area (Å²) < 4.78 is 0. The molecule has 0 aromatic heterocycles. The molecule has 0 unspecified atom stereocenters. The first-order valence-corrected chi connectivity index (χ1v) is 7.82. The highest BCUT2D eigenvalue weighted by molar-refractivity contribution is 5.79. The Hall–Kier alpha value is -1.35. The first-order chi connectivity index (χ1) is 9.74. The van der Waals surface area contributed by atoms with Crippen LogP contribution in [0.3, 0.4) is 0 Å². The minimum absolute atomic E-state index is 0.264. The molecule has 1 amide bonds. The van der Waals surface area contributed by atoms with Gasteiger partial charge in [-0.1, -0.05) is 30.7 Å². The largest absolute Gasteiger partial charge is 0.354 e. The molecule has 0 spiro atoms. The third-order valence-electron chi connectivity index (χ3n) is 4.83. The standard InChI is InChI=1S/C17H24N2O/c1-13(11-18-17(20)15-7-4-8-15)19-10-9-14-5-2-3-6-16(14)12-19/h2-3,5-6,13,15H,4,7-12H2,1H3,(H,18,20)/t13-/m1/s1. The van der Waals surface area contributed by atoms with Crippen molar-refractivity contribution in [3.8, 4) is 0 Å². The topological polar surface area (TPSA) is 32.3 Å². The zero-order valence-electron chi connectivity index (χ0n) is 12.3. The van der Waals surface area contributed by atoms with Gasteiger partial charge in [0.2, 0.25) is 5.91 Å². The zero-order valence-corrected chi connectivity index (χ0v) is 12.3. The predicted molar refractivity (Wildman–Crippen MR) is 80.4 cm³/mol. The molecule has 1 aromatic rings. The summed E-state index contributed by atoms with van der Waals surface area (Å²) in [5, 5.41) is 3.13. The van der Waals surface area contributed by atoms with Crippen LogP contribution in [0.15, 0.2) is 24.3 Å². The third-order valence-corrected chi connectivity index (χ3v) is 4.83. The minimum Gasteiger partial charge on any atom is -0.354 e. The Kier molecular flexibility index (Phi) is 4.06. The maximum Gasteiger partial charge on any atom is 0.223 e. The monoisotopic (exact) mass is 272 g/mol.